The Morgan fingerprint density at radius 1 is 1.33 bits per heavy atom. The molecule has 2 rings (SSSR count). The average Bonchev–Trinajstić information content (AvgIpc) is 3.14. The molecule has 0 atom stereocenters. The fraction of sp³-hybridized carbons (Fsp3) is 0.692. The van der Waals surface area contributed by atoms with Crippen molar-refractivity contribution in [2.24, 2.45) is 5.41 Å². The van der Waals surface area contributed by atoms with E-state index in [1.165, 1.54) is 12.8 Å². The van der Waals surface area contributed by atoms with Crippen LogP contribution in [0.25, 0.3) is 0 Å². The van der Waals surface area contributed by atoms with E-state index in [1.54, 1.807) is 14.2 Å². The molecule has 1 aliphatic carbocycles. The highest BCUT2D eigenvalue weighted by Crippen LogP contribution is 2.48. The lowest BCUT2D eigenvalue weighted by Gasteiger charge is -2.15. The van der Waals surface area contributed by atoms with Gasteiger partial charge < -0.3 is 14.8 Å². The van der Waals surface area contributed by atoms with Gasteiger partial charge in [0.15, 0.2) is 0 Å². The largest absolute Gasteiger partial charge is 0.481 e. The fourth-order valence-corrected chi connectivity index (χ4v) is 2.00. The van der Waals surface area contributed by atoms with E-state index in [1.807, 2.05) is 13.0 Å². The van der Waals surface area contributed by atoms with Crippen LogP contribution in [0.4, 0.5) is 5.95 Å². The van der Waals surface area contributed by atoms with E-state index in [2.05, 4.69) is 15.3 Å². The highest BCUT2D eigenvalue weighted by atomic mass is 16.5. The molecule has 1 aliphatic rings. The Kier molecular flexibility index (Phi) is 4.01. The van der Waals surface area contributed by atoms with E-state index in [4.69, 9.17) is 9.47 Å². The molecule has 0 aliphatic heterocycles. The van der Waals surface area contributed by atoms with Crippen LogP contribution in [0.3, 0.4) is 0 Å². The zero-order chi connectivity index (χ0) is 13.0. The molecule has 5 nitrogen and oxygen atoms in total. The minimum Gasteiger partial charge on any atom is -0.481 e. The van der Waals surface area contributed by atoms with Crippen LogP contribution >= 0.6 is 0 Å². The molecule has 1 aromatic rings. The molecule has 0 amide bonds. The topological polar surface area (TPSA) is 56.3 Å². The van der Waals surface area contributed by atoms with Crippen molar-refractivity contribution >= 4 is 5.95 Å². The van der Waals surface area contributed by atoms with Gasteiger partial charge in [-0.3, -0.25) is 0 Å². The summed E-state index contributed by atoms with van der Waals surface area (Å²) in [6, 6.07) is 1.82. The van der Waals surface area contributed by atoms with Crippen molar-refractivity contribution in [1.29, 1.82) is 0 Å². The van der Waals surface area contributed by atoms with Crippen LogP contribution in [0, 0.1) is 12.3 Å². The Morgan fingerprint density at radius 2 is 2.11 bits per heavy atom. The first-order valence-corrected chi connectivity index (χ1v) is 6.30. The number of methoxy groups -OCH3 is 2. The molecule has 0 saturated heterocycles. The third-order valence-corrected chi connectivity index (χ3v) is 3.45. The Morgan fingerprint density at radius 3 is 2.72 bits per heavy atom. The number of rotatable bonds is 7. The molecule has 18 heavy (non-hydrogen) atoms. The van der Waals surface area contributed by atoms with Crippen molar-refractivity contribution in [2.75, 3.05) is 32.7 Å². The van der Waals surface area contributed by atoms with Crippen molar-refractivity contribution in [1.82, 2.24) is 9.97 Å². The van der Waals surface area contributed by atoms with Crippen molar-refractivity contribution in [2.45, 2.75) is 26.2 Å². The number of ether oxygens (including phenoxy) is 2. The highest BCUT2D eigenvalue weighted by Gasteiger charge is 2.41. The van der Waals surface area contributed by atoms with Crippen molar-refractivity contribution in [3.8, 4) is 5.88 Å². The smallest absolute Gasteiger partial charge is 0.226 e. The Hall–Kier alpha value is -1.36. The van der Waals surface area contributed by atoms with Crippen LogP contribution in [0.2, 0.25) is 0 Å². The molecule has 0 radical (unpaired) electrons. The highest BCUT2D eigenvalue weighted by molar-refractivity contribution is 5.31. The third-order valence-electron chi connectivity index (χ3n) is 3.45. The minimum atomic E-state index is 0.385. The Labute approximate surface area is 108 Å². The average molecular weight is 251 g/mol. The second-order valence-corrected chi connectivity index (χ2v) is 4.97. The molecule has 0 spiro atoms. The Bertz CT molecular complexity index is 405. The monoisotopic (exact) mass is 251 g/mol. The third kappa shape index (κ3) is 3.32. The standard InChI is InChI=1S/C13H21N3O2/c1-10-8-11(18-3)16-12(15-10)14-9-13(4-5-13)6-7-17-2/h8H,4-7,9H2,1-3H3,(H,14,15,16). The van der Waals surface area contributed by atoms with Gasteiger partial charge in [-0.25, -0.2) is 4.98 Å². The molecule has 0 aromatic carbocycles. The zero-order valence-corrected chi connectivity index (χ0v) is 11.3. The number of hydrogen-bond acceptors (Lipinski definition) is 5. The normalized spacial score (nSPS) is 16.4. The van der Waals surface area contributed by atoms with Gasteiger partial charge in [0.05, 0.1) is 7.11 Å². The summed E-state index contributed by atoms with van der Waals surface area (Å²) < 4.78 is 10.3. The predicted octanol–water partition coefficient (Wildman–Crippen LogP) is 2.02. The maximum absolute atomic E-state index is 5.15. The SMILES string of the molecule is COCCC1(CNc2nc(C)cc(OC)n2)CC1. The van der Waals surface area contributed by atoms with E-state index in [-0.39, 0.29) is 0 Å². The maximum Gasteiger partial charge on any atom is 0.226 e. The number of nitrogens with zero attached hydrogens (tertiary/aromatic N) is 2. The van der Waals surface area contributed by atoms with Crippen LogP contribution in [-0.4, -0.2) is 37.3 Å². The lowest BCUT2D eigenvalue weighted by molar-refractivity contribution is 0.174. The lowest BCUT2D eigenvalue weighted by atomic mass is 10.0. The van der Waals surface area contributed by atoms with Crippen LogP contribution in [0.15, 0.2) is 6.07 Å². The predicted molar refractivity (Wildman–Crippen MR) is 70.0 cm³/mol. The summed E-state index contributed by atoms with van der Waals surface area (Å²) >= 11 is 0. The number of nitrogens with one attached hydrogen (secondary N) is 1. The lowest BCUT2D eigenvalue weighted by Crippen LogP contribution is -2.18. The van der Waals surface area contributed by atoms with Crippen molar-refractivity contribution < 1.29 is 9.47 Å². The quantitative estimate of drug-likeness (QED) is 0.803. The van der Waals surface area contributed by atoms with E-state index >= 15 is 0 Å². The van der Waals surface area contributed by atoms with Gasteiger partial charge in [0.25, 0.3) is 0 Å². The van der Waals surface area contributed by atoms with Gasteiger partial charge in [0, 0.05) is 32.0 Å². The van der Waals surface area contributed by atoms with Gasteiger partial charge in [-0.15, -0.1) is 0 Å². The molecule has 5 heteroatoms. The van der Waals surface area contributed by atoms with E-state index in [0.717, 1.165) is 25.3 Å². The number of hydrogen-bond donors (Lipinski definition) is 1. The Balaban J connectivity index is 1.92. The van der Waals surface area contributed by atoms with Gasteiger partial charge in [-0.05, 0) is 31.6 Å². The molecule has 1 saturated carbocycles. The number of anilines is 1. The molecule has 100 valence electrons. The van der Waals surface area contributed by atoms with Gasteiger partial charge in [-0.2, -0.15) is 4.98 Å². The van der Waals surface area contributed by atoms with E-state index in [0.29, 0.717) is 17.2 Å². The first kappa shape index (κ1) is 13.1. The first-order chi connectivity index (χ1) is 8.67. The van der Waals surface area contributed by atoms with Crippen LogP contribution < -0.4 is 10.1 Å². The van der Waals surface area contributed by atoms with Crippen LogP contribution in [0.5, 0.6) is 5.88 Å². The van der Waals surface area contributed by atoms with Gasteiger partial charge in [0.2, 0.25) is 11.8 Å². The second kappa shape index (κ2) is 5.52. The minimum absolute atomic E-state index is 0.385. The molecule has 1 heterocycles. The molecule has 0 unspecified atom stereocenters. The first-order valence-electron chi connectivity index (χ1n) is 6.30. The van der Waals surface area contributed by atoms with E-state index < -0.39 is 0 Å². The fourth-order valence-electron chi connectivity index (χ4n) is 2.00. The molecular weight excluding hydrogens is 230 g/mol. The summed E-state index contributed by atoms with van der Waals surface area (Å²) in [7, 11) is 3.37. The summed E-state index contributed by atoms with van der Waals surface area (Å²) in [4.78, 5) is 8.65. The number of aromatic nitrogens is 2. The summed E-state index contributed by atoms with van der Waals surface area (Å²) in [5.41, 5.74) is 1.29. The zero-order valence-electron chi connectivity index (χ0n) is 11.3. The second-order valence-electron chi connectivity index (χ2n) is 4.97. The summed E-state index contributed by atoms with van der Waals surface area (Å²) in [5.74, 6) is 1.25. The molecule has 1 N–H and O–H groups in total. The molecule has 0 bridgehead atoms. The maximum atomic E-state index is 5.15. The van der Waals surface area contributed by atoms with Gasteiger partial charge in [0.1, 0.15) is 0 Å². The van der Waals surface area contributed by atoms with Gasteiger partial charge >= 0.3 is 0 Å². The molecule has 1 fully saturated rings. The van der Waals surface area contributed by atoms with E-state index in [9.17, 15) is 0 Å². The summed E-state index contributed by atoms with van der Waals surface area (Å²) in [5, 5.41) is 3.31. The molecule has 1 aromatic heterocycles. The van der Waals surface area contributed by atoms with Crippen LogP contribution in [0.1, 0.15) is 25.0 Å². The number of aryl methyl sites for hydroxylation is 1. The van der Waals surface area contributed by atoms with Crippen molar-refractivity contribution in [3.05, 3.63) is 11.8 Å². The molecular formula is C13H21N3O2. The van der Waals surface area contributed by atoms with Gasteiger partial charge in [-0.1, -0.05) is 0 Å². The van der Waals surface area contributed by atoms with Crippen LogP contribution in [-0.2, 0) is 4.74 Å². The van der Waals surface area contributed by atoms with Crippen molar-refractivity contribution in [3.63, 3.8) is 0 Å². The summed E-state index contributed by atoms with van der Waals surface area (Å²) in [6.07, 6.45) is 3.61. The summed E-state index contributed by atoms with van der Waals surface area (Å²) in [6.45, 7) is 3.66.